The summed E-state index contributed by atoms with van der Waals surface area (Å²) in [5, 5.41) is 17.9. The fourth-order valence-corrected chi connectivity index (χ4v) is 5.46. The number of rotatable bonds is 2. The molecule has 0 aliphatic carbocycles. The fourth-order valence-electron chi connectivity index (χ4n) is 3.46. The molecule has 5 rings (SSSR count). The maximum absolute atomic E-state index is 12.3. The molecule has 0 spiro atoms. The number of fused-ring (bicyclic) bond motifs is 2. The number of nitrogens with zero attached hydrogens (tertiary/aromatic N) is 5. The van der Waals surface area contributed by atoms with E-state index in [4.69, 9.17) is 0 Å². The van der Waals surface area contributed by atoms with Crippen molar-refractivity contribution in [2.24, 2.45) is 4.99 Å². The van der Waals surface area contributed by atoms with Gasteiger partial charge in [-0.3, -0.25) is 19.4 Å². The van der Waals surface area contributed by atoms with E-state index >= 15 is 0 Å². The second kappa shape index (κ2) is 7.32. The third kappa shape index (κ3) is 3.17. The number of aromatic nitrogens is 2. The van der Waals surface area contributed by atoms with Crippen molar-refractivity contribution in [2.45, 2.75) is 18.5 Å². The summed E-state index contributed by atoms with van der Waals surface area (Å²) in [7, 11) is 0. The van der Waals surface area contributed by atoms with Crippen molar-refractivity contribution in [3.05, 3.63) is 34.1 Å². The van der Waals surface area contributed by atoms with E-state index in [0.29, 0.717) is 5.57 Å². The number of amides is 1. The minimum Gasteiger partial charge on any atom is -0.543 e. The van der Waals surface area contributed by atoms with E-state index in [1.54, 1.807) is 17.8 Å². The van der Waals surface area contributed by atoms with Crippen LogP contribution >= 0.6 is 23.5 Å². The second-order valence-electron chi connectivity index (χ2n) is 6.27. The van der Waals surface area contributed by atoms with Crippen molar-refractivity contribution < 1.29 is 44.3 Å². The standard InChI is InChI=1S/C16H15N5O3S2.Na/c22-13-11(14-21(13)12(8-26-14)15(23)24)6-9-5-10-7-19(2-3-20(10)18-9)16-17-1-4-25-16;/h5-6,8,14H,1-4,7H2,(H,23,24);/q;+1/p-1/b11-6-;/t14-;/m1./s1. The summed E-state index contributed by atoms with van der Waals surface area (Å²) >= 11 is 3.09. The van der Waals surface area contributed by atoms with Crippen LogP contribution in [0.5, 0.6) is 0 Å². The Kier molecular flexibility index (Phi) is 5.19. The van der Waals surface area contributed by atoms with E-state index in [1.165, 1.54) is 22.1 Å². The number of hydrogen-bond acceptors (Lipinski definition) is 8. The third-order valence-electron chi connectivity index (χ3n) is 4.70. The molecule has 0 unspecified atom stereocenters. The van der Waals surface area contributed by atoms with E-state index in [9.17, 15) is 14.7 Å². The van der Waals surface area contributed by atoms with Gasteiger partial charge in [0.15, 0.2) is 5.17 Å². The van der Waals surface area contributed by atoms with Gasteiger partial charge in [-0.25, -0.2) is 0 Å². The molecule has 4 aliphatic rings. The number of aliphatic imine (C=N–C) groups is 1. The van der Waals surface area contributed by atoms with Crippen molar-refractivity contribution in [3.63, 3.8) is 0 Å². The minimum absolute atomic E-state index is 0. The fraction of sp³-hybridized carbons (Fsp3) is 0.375. The Bertz CT molecular complexity index is 925. The van der Waals surface area contributed by atoms with Gasteiger partial charge in [0.2, 0.25) is 0 Å². The van der Waals surface area contributed by atoms with Crippen LogP contribution in [0.2, 0.25) is 0 Å². The van der Waals surface area contributed by atoms with Crippen LogP contribution in [0.1, 0.15) is 11.4 Å². The Hall–Kier alpha value is -1.20. The zero-order chi connectivity index (χ0) is 17.8. The van der Waals surface area contributed by atoms with Crippen LogP contribution in [0.4, 0.5) is 0 Å². The third-order valence-corrected chi connectivity index (χ3v) is 6.82. The van der Waals surface area contributed by atoms with Gasteiger partial charge in [-0.2, -0.15) is 5.10 Å². The van der Waals surface area contributed by atoms with Gasteiger partial charge < -0.3 is 14.8 Å². The maximum Gasteiger partial charge on any atom is 1.00 e. The predicted octanol–water partition coefficient (Wildman–Crippen LogP) is -3.30. The summed E-state index contributed by atoms with van der Waals surface area (Å²) < 4.78 is 1.97. The molecule has 1 fully saturated rings. The van der Waals surface area contributed by atoms with Gasteiger partial charge in [0.1, 0.15) is 5.37 Å². The van der Waals surface area contributed by atoms with Gasteiger partial charge >= 0.3 is 29.6 Å². The Morgan fingerprint density at radius 2 is 2.22 bits per heavy atom. The number of hydrogen-bond donors (Lipinski definition) is 0. The number of carboxylic acids is 1. The number of carbonyl (C=O) groups is 2. The Labute approximate surface area is 186 Å². The first kappa shape index (κ1) is 19.1. The quantitative estimate of drug-likeness (QED) is 0.286. The molecule has 1 amide bonds. The Morgan fingerprint density at radius 3 is 2.96 bits per heavy atom. The monoisotopic (exact) mass is 411 g/mol. The SMILES string of the molecule is O=C([O-])C1=CS[C@@H]2/C(=C\c3cc4n(n3)CCN(C3=NCCS3)C4)C(=O)N12.[Na+]. The van der Waals surface area contributed by atoms with Gasteiger partial charge in [-0.15, -0.1) is 11.8 Å². The van der Waals surface area contributed by atoms with Crippen LogP contribution in [0, 0.1) is 0 Å². The molecule has 4 aliphatic heterocycles. The molecule has 1 aromatic heterocycles. The Morgan fingerprint density at radius 1 is 1.37 bits per heavy atom. The van der Waals surface area contributed by atoms with Crippen molar-refractivity contribution >= 4 is 46.6 Å². The number of β-lactam (4-membered cyclic amide) rings is 1. The van der Waals surface area contributed by atoms with Gasteiger partial charge in [-0.1, -0.05) is 11.8 Å². The van der Waals surface area contributed by atoms with Crippen molar-refractivity contribution in [1.29, 1.82) is 0 Å². The second-order valence-corrected chi connectivity index (χ2v) is 8.29. The zero-order valence-corrected chi connectivity index (χ0v) is 18.3. The summed E-state index contributed by atoms with van der Waals surface area (Å²) in [6, 6.07) is 1.99. The molecule has 1 saturated heterocycles. The van der Waals surface area contributed by atoms with Gasteiger partial charge in [-0.05, 0) is 17.6 Å². The normalized spacial score (nSPS) is 24.8. The first-order chi connectivity index (χ1) is 12.6. The zero-order valence-electron chi connectivity index (χ0n) is 14.6. The maximum atomic E-state index is 12.3. The van der Waals surface area contributed by atoms with Crippen LogP contribution < -0.4 is 34.7 Å². The number of carbonyl (C=O) groups excluding carboxylic acids is 2. The van der Waals surface area contributed by atoms with E-state index in [0.717, 1.165) is 48.5 Å². The van der Waals surface area contributed by atoms with E-state index in [-0.39, 0.29) is 46.5 Å². The summed E-state index contributed by atoms with van der Waals surface area (Å²) in [5.41, 5.74) is 2.34. The van der Waals surface area contributed by atoms with E-state index < -0.39 is 5.97 Å². The predicted molar refractivity (Wildman–Crippen MR) is 96.7 cm³/mol. The molecule has 11 heteroatoms. The summed E-state index contributed by atoms with van der Waals surface area (Å²) in [6.45, 7) is 3.30. The minimum atomic E-state index is -1.32. The molecular weight excluding hydrogens is 397 g/mol. The first-order valence-corrected chi connectivity index (χ1v) is 10.2. The topological polar surface area (TPSA) is 93.9 Å². The van der Waals surface area contributed by atoms with Gasteiger partial charge in [0.25, 0.3) is 5.91 Å². The summed E-state index contributed by atoms with van der Waals surface area (Å²) in [5.74, 6) is -0.570. The van der Waals surface area contributed by atoms with Crippen LogP contribution in [-0.4, -0.2) is 60.8 Å². The molecule has 8 nitrogen and oxygen atoms in total. The summed E-state index contributed by atoms with van der Waals surface area (Å²) in [4.78, 5) is 31.4. The molecule has 0 bridgehead atoms. The van der Waals surface area contributed by atoms with Crippen molar-refractivity contribution in [3.8, 4) is 0 Å². The van der Waals surface area contributed by atoms with Crippen molar-refractivity contribution in [1.82, 2.24) is 19.6 Å². The largest absolute Gasteiger partial charge is 1.00 e. The average molecular weight is 411 g/mol. The van der Waals surface area contributed by atoms with Crippen LogP contribution in [0.3, 0.4) is 0 Å². The van der Waals surface area contributed by atoms with E-state index in [2.05, 4.69) is 15.0 Å². The molecule has 0 aromatic carbocycles. The van der Waals surface area contributed by atoms with Crippen LogP contribution in [0.15, 0.2) is 27.7 Å². The number of thioether (sulfide) groups is 2. The number of aliphatic carboxylic acids is 1. The smallest absolute Gasteiger partial charge is 0.543 e. The first-order valence-electron chi connectivity index (χ1n) is 8.23. The summed E-state index contributed by atoms with van der Waals surface area (Å²) in [6.07, 6.45) is 1.76. The molecule has 0 N–H and O–H groups in total. The molecular formula is C16H14N5NaO3S2. The van der Waals surface area contributed by atoms with Crippen molar-refractivity contribution in [2.75, 3.05) is 18.8 Å². The molecule has 1 aromatic rings. The number of carboxylic acid groups (broad SMARTS) is 1. The van der Waals surface area contributed by atoms with Gasteiger partial charge in [0.05, 0.1) is 48.3 Å². The average Bonchev–Trinajstić information content (AvgIpc) is 3.35. The molecule has 5 heterocycles. The van der Waals surface area contributed by atoms with Gasteiger partial charge in [0, 0.05) is 12.3 Å². The molecule has 0 saturated carbocycles. The Balaban J connectivity index is 0.00000180. The van der Waals surface area contributed by atoms with Crippen LogP contribution in [0.25, 0.3) is 6.08 Å². The molecule has 0 radical (unpaired) electrons. The van der Waals surface area contributed by atoms with Crippen LogP contribution in [-0.2, 0) is 22.7 Å². The molecule has 1 atom stereocenters. The molecule has 27 heavy (non-hydrogen) atoms. The molecule has 134 valence electrons. The van der Waals surface area contributed by atoms with E-state index in [1.807, 2.05) is 10.7 Å². The number of amidine groups is 1.